The smallest absolute Gasteiger partial charge is 0.0436 e. The van der Waals surface area contributed by atoms with Crippen LogP contribution >= 0.6 is 11.6 Å². The lowest BCUT2D eigenvalue weighted by molar-refractivity contribution is 0.645. The Morgan fingerprint density at radius 2 is 2.13 bits per heavy atom. The Hall–Kier alpha value is -0.690. The van der Waals surface area contributed by atoms with Gasteiger partial charge >= 0.3 is 0 Å². The Bertz CT molecular complexity index is 309. The van der Waals surface area contributed by atoms with Crippen molar-refractivity contribution in [3.8, 4) is 0 Å². The number of nitrogens with one attached hydrogen (secondary N) is 1. The van der Waals surface area contributed by atoms with Crippen molar-refractivity contribution in [1.82, 2.24) is 0 Å². The van der Waals surface area contributed by atoms with Crippen LogP contribution in [0.4, 0.5) is 5.69 Å². The lowest BCUT2D eigenvalue weighted by Gasteiger charge is -2.15. The third-order valence-corrected chi connectivity index (χ3v) is 2.99. The summed E-state index contributed by atoms with van der Waals surface area (Å²) in [6, 6.07) is 6.62. The number of anilines is 1. The number of hydrogen-bond donors (Lipinski definition) is 1. The van der Waals surface area contributed by atoms with Gasteiger partial charge in [-0.1, -0.05) is 31.4 Å². The molecule has 0 aliphatic carbocycles. The SMILES string of the molecule is CCCCC(C)Nc1ccc(Cl)c(C)c1. The van der Waals surface area contributed by atoms with Crippen molar-refractivity contribution in [3.63, 3.8) is 0 Å². The molecule has 1 unspecified atom stereocenters. The van der Waals surface area contributed by atoms with E-state index in [-0.39, 0.29) is 0 Å². The summed E-state index contributed by atoms with van der Waals surface area (Å²) in [6.07, 6.45) is 3.75. The molecule has 0 saturated heterocycles. The van der Waals surface area contributed by atoms with Gasteiger partial charge in [-0.15, -0.1) is 0 Å². The van der Waals surface area contributed by atoms with Crippen LogP contribution in [0.5, 0.6) is 0 Å². The van der Waals surface area contributed by atoms with Crippen molar-refractivity contribution >= 4 is 17.3 Å². The summed E-state index contributed by atoms with van der Waals surface area (Å²) in [5.74, 6) is 0. The predicted octanol–water partition coefficient (Wildman–Crippen LogP) is 4.64. The van der Waals surface area contributed by atoms with Crippen molar-refractivity contribution in [2.24, 2.45) is 0 Å². The normalized spacial score (nSPS) is 12.5. The van der Waals surface area contributed by atoms with E-state index in [1.807, 2.05) is 19.1 Å². The standard InChI is InChI=1S/C13H20ClN/c1-4-5-6-11(3)15-12-7-8-13(14)10(2)9-12/h7-9,11,15H,4-6H2,1-3H3. The van der Waals surface area contributed by atoms with Crippen LogP contribution in [-0.4, -0.2) is 6.04 Å². The average molecular weight is 226 g/mol. The first-order valence-corrected chi connectivity index (χ1v) is 6.04. The van der Waals surface area contributed by atoms with Gasteiger partial charge in [-0.2, -0.15) is 0 Å². The van der Waals surface area contributed by atoms with Crippen molar-refractivity contribution in [1.29, 1.82) is 0 Å². The van der Waals surface area contributed by atoms with Crippen molar-refractivity contribution in [2.75, 3.05) is 5.32 Å². The molecule has 0 aliphatic rings. The number of hydrogen-bond acceptors (Lipinski definition) is 1. The lowest BCUT2D eigenvalue weighted by atomic mass is 10.1. The van der Waals surface area contributed by atoms with E-state index in [1.54, 1.807) is 0 Å². The van der Waals surface area contributed by atoms with Crippen LogP contribution in [0.15, 0.2) is 18.2 Å². The highest BCUT2D eigenvalue weighted by atomic mass is 35.5. The highest BCUT2D eigenvalue weighted by Crippen LogP contribution is 2.20. The lowest BCUT2D eigenvalue weighted by Crippen LogP contribution is -2.14. The number of unbranched alkanes of at least 4 members (excludes halogenated alkanes) is 1. The Kier molecular flexibility index (Phi) is 4.97. The molecule has 1 rings (SSSR count). The van der Waals surface area contributed by atoms with Crippen LogP contribution in [0.2, 0.25) is 5.02 Å². The maximum atomic E-state index is 5.97. The molecule has 1 atom stereocenters. The summed E-state index contributed by atoms with van der Waals surface area (Å²) < 4.78 is 0. The highest BCUT2D eigenvalue weighted by Gasteiger charge is 2.02. The van der Waals surface area contributed by atoms with Gasteiger partial charge in [0.25, 0.3) is 0 Å². The molecule has 84 valence electrons. The molecule has 0 spiro atoms. The van der Waals surface area contributed by atoms with Gasteiger partial charge in [-0.25, -0.2) is 0 Å². The topological polar surface area (TPSA) is 12.0 Å². The summed E-state index contributed by atoms with van der Waals surface area (Å²) in [5, 5.41) is 4.32. The third kappa shape index (κ3) is 4.13. The quantitative estimate of drug-likeness (QED) is 0.770. The minimum Gasteiger partial charge on any atom is -0.383 e. The van der Waals surface area contributed by atoms with Gasteiger partial charge in [0.2, 0.25) is 0 Å². The molecule has 0 bridgehead atoms. The van der Waals surface area contributed by atoms with Crippen LogP contribution in [0.3, 0.4) is 0 Å². The third-order valence-electron chi connectivity index (χ3n) is 2.56. The number of rotatable bonds is 5. The highest BCUT2D eigenvalue weighted by molar-refractivity contribution is 6.31. The molecule has 1 nitrogen and oxygen atoms in total. The Balaban J connectivity index is 2.53. The van der Waals surface area contributed by atoms with Crippen LogP contribution in [0.25, 0.3) is 0 Å². The molecule has 0 aliphatic heterocycles. The maximum Gasteiger partial charge on any atom is 0.0436 e. The predicted molar refractivity (Wildman–Crippen MR) is 68.8 cm³/mol. The average Bonchev–Trinajstić information content (AvgIpc) is 2.20. The molecule has 0 radical (unpaired) electrons. The minimum atomic E-state index is 0.533. The fraction of sp³-hybridized carbons (Fsp3) is 0.538. The van der Waals surface area contributed by atoms with Crippen molar-refractivity contribution < 1.29 is 0 Å². The number of benzene rings is 1. The molecule has 15 heavy (non-hydrogen) atoms. The molecule has 0 amide bonds. The van der Waals surface area contributed by atoms with E-state index in [0.717, 1.165) is 10.6 Å². The van der Waals surface area contributed by atoms with Crippen LogP contribution < -0.4 is 5.32 Å². The second-order valence-corrected chi connectivity index (χ2v) is 4.56. The van der Waals surface area contributed by atoms with E-state index in [9.17, 15) is 0 Å². The van der Waals surface area contributed by atoms with E-state index in [2.05, 4.69) is 25.2 Å². The molecule has 0 fully saturated rings. The van der Waals surface area contributed by atoms with E-state index >= 15 is 0 Å². The first kappa shape index (κ1) is 12.4. The van der Waals surface area contributed by atoms with E-state index in [0.29, 0.717) is 6.04 Å². The van der Waals surface area contributed by atoms with Gasteiger partial charge in [0.1, 0.15) is 0 Å². The van der Waals surface area contributed by atoms with Crippen LogP contribution in [0, 0.1) is 6.92 Å². The number of aryl methyl sites for hydroxylation is 1. The van der Waals surface area contributed by atoms with E-state index in [1.165, 1.54) is 24.9 Å². The second-order valence-electron chi connectivity index (χ2n) is 4.15. The summed E-state index contributed by atoms with van der Waals surface area (Å²) in [5.41, 5.74) is 2.30. The van der Waals surface area contributed by atoms with Crippen molar-refractivity contribution in [3.05, 3.63) is 28.8 Å². The van der Waals surface area contributed by atoms with Gasteiger partial charge in [-0.3, -0.25) is 0 Å². The zero-order valence-electron chi connectivity index (χ0n) is 9.81. The fourth-order valence-electron chi connectivity index (χ4n) is 1.60. The van der Waals surface area contributed by atoms with E-state index in [4.69, 9.17) is 11.6 Å². The maximum absolute atomic E-state index is 5.97. The molecule has 1 aromatic carbocycles. The van der Waals surface area contributed by atoms with E-state index < -0.39 is 0 Å². The van der Waals surface area contributed by atoms with Gasteiger partial charge in [0, 0.05) is 16.8 Å². The minimum absolute atomic E-state index is 0.533. The Morgan fingerprint density at radius 1 is 1.40 bits per heavy atom. The van der Waals surface area contributed by atoms with Crippen LogP contribution in [-0.2, 0) is 0 Å². The van der Waals surface area contributed by atoms with Crippen molar-refractivity contribution in [2.45, 2.75) is 46.1 Å². The first-order chi connectivity index (χ1) is 7.13. The summed E-state index contributed by atoms with van der Waals surface area (Å²) in [7, 11) is 0. The summed E-state index contributed by atoms with van der Waals surface area (Å²) in [4.78, 5) is 0. The molecule has 0 aromatic heterocycles. The Morgan fingerprint density at radius 3 is 2.73 bits per heavy atom. The zero-order valence-corrected chi connectivity index (χ0v) is 10.6. The monoisotopic (exact) mass is 225 g/mol. The summed E-state index contributed by atoms with van der Waals surface area (Å²) >= 11 is 5.97. The molecule has 1 N–H and O–H groups in total. The molecular formula is C13H20ClN. The summed E-state index contributed by atoms with van der Waals surface area (Å²) in [6.45, 7) is 6.48. The molecule has 1 aromatic rings. The van der Waals surface area contributed by atoms with Gasteiger partial charge in [0.05, 0.1) is 0 Å². The van der Waals surface area contributed by atoms with Gasteiger partial charge in [-0.05, 0) is 44.0 Å². The molecule has 2 heteroatoms. The molecule has 0 saturated carbocycles. The van der Waals surface area contributed by atoms with Gasteiger partial charge in [0.15, 0.2) is 0 Å². The zero-order chi connectivity index (χ0) is 11.3. The first-order valence-electron chi connectivity index (χ1n) is 5.66. The largest absolute Gasteiger partial charge is 0.383 e. The molecule has 0 heterocycles. The van der Waals surface area contributed by atoms with Crippen LogP contribution in [0.1, 0.15) is 38.7 Å². The number of halogens is 1. The Labute approximate surface area is 97.8 Å². The second kappa shape index (κ2) is 6.02. The fourth-order valence-corrected chi connectivity index (χ4v) is 1.72. The van der Waals surface area contributed by atoms with Gasteiger partial charge < -0.3 is 5.32 Å². The molecular weight excluding hydrogens is 206 g/mol.